The normalized spacial score (nSPS) is 10.8. The second kappa shape index (κ2) is 7.14. The summed E-state index contributed by atoms with van der Waals surface area (Å²) in [5, 5.41) is 3.25. The molecule has 3 aromatic heterocycles. The van der Waals surface area contributed by atoms with Crippen molar-refractivity contribution in [3.8, 4) is 0 Å². The Balaban J connectivity index is 1.62. The fraction of sp³-hybridized carbons (Fsp3) is 0.100. The Morgan fingerprint density at radius 1 is 0.923 bits per heavy atom. The molecule has 6 nitrogen and oxygen atoms in total. The van der Waals surface area contributed by atoms with Crippen molar-refractivity contribution in [2.45, 2.75) is 13.1 Å². The minimum absolute atomic E-state index is 0.177. The lowest BCUT2D eigenvalue weighted by atomic mass is 10.2. The highest BCUT2D eigenvalue weighted by atomic mass is 16.1. The van der Waals surface area contributed by atoms with E-state index in [9.17, 15) is 4.79 Å². The number of benzene rings is 1. The second-order valence-corrected chi connectivity index (χ2v) is 5.90. The zero-order chi connectivity index (χ0) is 17.8. The van der Waals surface area contributed by atoms with E-state index in [4.69, 9.17) is 0 Å². The Hall–Kier alpha value is -3.54. The van der Waals surface area contributed by atoms with Crippen molar-refractivity contribution in [2.75, 3.05) is 5.32 Å². The first kappa shape index (κ1) is 16.0. The Morgan fingerprint density at radius 3 is 2.58 bits per heavy atom. The van der Waals surface area contributed by atoms with Gasteiger partial charge in [-0.25, -0.2) is 9.97 Å². The molecule has 26 heavy (non-hydrogen) atoms. The number of hydrogen-bond donors (Lipinski definition) is 1. The van der Waals surface area contributed by atoms with Crippen LogP contribution in [0.3, 0.4) is 0 Å². The number of hydrogen-bond acceptors (Lipinski definition) is 5. The molecule has 4 rings (SSSR count). The summed E-state index contributed by atoms with van der Waals surface area (Å²) in [6.07, 6.45) is 3.25. The first-order valence-corrected chi connectivity index (χ1v) is 8.33. The Bertz CT molecular complexity index is 1080. The van der Waals surface area contributed by atoms with E-state index in [1.165, 1.54) is 10.9 Å². The molecule has 0 aliphatic carbocycles. The number of rotatable bonds is 5. The number of nitrogens with one attached hydrogen (secondary N) is 1. The van der Waals surface area contributed by atoms with Gasteiger partial charge in [0.25, 0.3) is 5.56 Å². The molecule has 4 aromatic rings. The smallest absolute Gasteiger partial charge is 0.280 e. The molecule has 0 fully saturated rings. The molecule has 0 bridgehead atoms. The molecule has 3 heterocycles. The van der Waals surface area contributed by atoms with Crippen molar-refractivity contribution in [1.82, 2.24) is 19.5 Å². The number of anilines is 1. The van der Waals surface area contributed by atoms with E-state index in [0.717, 1.165) is 11.3 Å². The monoisotopic (exact) mass is 343 g/mol. The topological polar surface area (TPSA) is 72.7 Å². The van der Waals surface area contributed by atoms with Gasteiger partial charge in [-0.2, -0.15) is 0 Å². The number of nitrogens with zero attached hydrogens (tertiary/aromatic N) is 4. The molecule has 0 aliphatic rings. The van der Waals surface area contributed by atoms with Crippen LogP contribution in [0.4, 0.5) is 5.82 Å². The number of fused-ring (bicyclic) bond motifs is 1. The van der Waals surface area contributed by atoms with Gasteiger partial charge in [0.05, 0.1) is 24.1 Å². The van der Waals surface area contributed by atoms with Crippen molar-refractivity contribution in [3.63, 3.8) is 0 Å². The molecule has 0 spiro atoms. The molecular formula is C20H17N5O. The van der Waals surface area contributed by atoms with Crippen LogP contribution in [0.1, 0.15) is 11.3 Å². The van der Waals surface area contributed by atoms with E-state index in [2.05, 4.69) is 20.3 Å². The third-order valence-corrected chi connectivity index (χ3v) is 4.05. The Labute approximate surface area is 150 Å². The summed E-state index contributed by atoms with van der Waals surface area (Å²) in [5.41, 5.74) is 2.70. The molecule has 0 atom stereocenters. The van der Waals surface area contributed by atoms with Gasteiger partial charge < -0.3 is 5.32 Å². The highest BCUT2D eigenvalue weighted by molar-refractivity contribution is 5.74. The Morgan fingerprint density at radius 2 is 1.77 bits per heavy atom. The molecule has 128 valence electrons. The summed E-state index contributed by atoms with van der Waals surface area (Å²) in [4.78, 5) is 25.8. The van der Waals surface area contributed by atoms with Gasteiger partial charge >= 0.3 is 0 Å². The maximum absolute atomic E-state index is 12.8. The fourth-order valence-electron chi connectivity index (χ4n) is 2.70. The van der Waals surface area contributed by atoms with Crippen LogP contribution in [0.5, 0.6) is 0 Å². The lowest BCUT2D eigenvalue weighted by Gasteiger charge is -2.08. The van der Waals surface area contributed by atoms with Crippen molar-refractivity contribution in [2.24, 2.45) is 0 Å². The average Bonchev–Trinajstić information content (AvgIpc) is 2.70. The maximum atomic E-state index is 12.8. The summed E-state index contributed by atoms with van der Waals surface area (Å²) in [5.74, 6) is 0.649. The van der Waals surface area contributed by atoms with Crippen molar-refractivity contribution in [1.29, 1.82) is 0 Å². The van der Waals surface area contributed by atoms with Gasteiger partial charge in [0, 0.05) is 12.7 Å². The van der Waals surface area contributed by atoms with E-state index in [-0.39, 0.29) is 5.56 Å². The zero-order valence-electron chi connectivity index (χ0n) is 14.0. The summed E-state index contributed by atoms with van der Waals surface area (Å²) < 4.78 is 1.53. The summed E-state index contributed by atoms with van der Waals surface area (Å²) in [6.45, 7) is 1.01. The van der Waals surface area contributed by atoms with Crippen LogP contribution < -0.4 is 10.9 Å². The van der Waals surface area contributed by atoms with Gasteiger partial charge in [0.1, 0.15) is 5.82 Å². The molecule has 0 saturated heterocycles. The lowest BCUT2D eigenvalue weighted by molar-refractivity contribution is 0.727. The van der Waals surface area contributed by atoms with Gasteiger partial charge in [0.2, 0.25) is 0 Å². The molecule has 1 aromatic carbocycles. The predicted octanol–water partition coefficient (Wildman–Crippen LogP) is 2.85. The lowest BCUT2D eigenvalue weighted by Crippen LogP contribution is -2.22. The first-order valence-electron chi connectivity index (χ1n) is 8.33. The molecule has 0 aliphatic heterocycles. The van der Waals surface area contributed by atoms with Gasteiger partial charge in [-0.3, -0.25) is 14.3 Å². The van der Waals surface area contributed by atoms with Crippen LogP contribution in [0.15, 0.2) is 78.0 Å². The van der Waals surface area contributed by atoms with Crippen LogP contribution in [0.2, 0.25) is 0 Å². The summed E-state index contributed by atoms with van der Waals surface area (Å²) in [6, 6.07) is 19.3. The van der Waals surface area contributed by atoms with Crippen LogP contribution in [-0.2, 0) is 13.1 Å². The molecule has 0 radical (unpaired) electrons. The largest absolute Gasteiger partial charge is 0.366 e. The van der Waals surface area contributed by atoms with Gasteiger partial charge in [-0.15, -0.1) is 0 Å². The minimum Gasteiger partial charge on any atom is -0.366 e. The summed E-state index contributed by atoms with van der Waals surface area (Å²) in [7, 11) is 0. The van der Waals surface area contributed by atoms with E-state index in [1.54, 1.807) is 6.20 Å². The molecule has 6 heteroatoms. The quantitative estimate of drug-likeness (QED) is 0.603. The highest BCUT2D eigenvalue weighted by Crippen LogP contribution is 2.11. The first-order chi connectivity index (χ1) is 12.8. The highest BCUT2D eigenvalue weighted by Gasteiger charge is 2.08. The molecule has 0 unspecified atom stereocenters. The van der Waals surface area contributed by atoms with E-state index in [0.29, 0.717) is 29.9 Å². The van der Waals surface area contributed by atoms with Gasteiger partial charge in [-0.05, 0) is 29.8 Å². The maximum Gasteiger partial charge on any atom is 0.280 e. The zero-order valence-corrected chi connectivity index (χ0v) is 14.0. The minimum atomic E-state index is -0.177. The van der Waals surface area contributed by atoms with Crippen molar-refractivity contribution < 1.29 is 0 Å². The standard InChI is InChI=1S/C20H17N5O/c26-20-19-17(23-14-25(20)13-16-8-4-5-11-21-16)9-10-18(24-19)22-12-15-6-2-1-3-7-15/h1-11,14H,12-13H2,(H,22,24). The van der Waals surface area contributed by atoms with Crippen molar-refractivity contribution >= 4 is 16.9 Å². The van der Waals surface area contributed by atoms with E-state index < -0.39 is 0 Å². The second-order valence-electron chi connectivity index (χ2n) is 5.90. The SMILES string of the molecule is O=c1c2nc(NCc3ccccc3)ccc2ncn1Cc1ccccn1. The third-order valence-electron chi connectivity index (χ3n) is 4.05. The van der Waals surface area contributed by atoms with Crippen molar-refractivity contribution in [3.05, 3.63) is 94.8 Å². The number of aromatic nitrogens is 4. The van der Waals surface area contributed by atoms with E-state index in [1.807, 2.05) is 60.7 Å². The van der Waals surface area contributed by atoms with Crippen LogP contribution in [0.25, 0.3) is 11.0 Å². The van der Waals surface area contributed by atoms with Gasteiger partial charge in [-0.1, -0.05) is 36.4 Å². The fourth-order valence-corrected chi connectivity index (χ4v) is 2.70. The number of pyridine rings is 2. The molecule has 1 N–H and O–H groups in total. The Kier molecular flexibility index (Phi) is 4.38. The molecule has 0 amide bonds. The van der Waals surface area contributed by atoms with Crippen LogP contribution >= 0.6 is 0 Å². The van der Waals surface area contributed by atoms with Crippen LogP contribution in [0, 0.1) is 0 Å². The molecule has 0 saturated carbocycles. The van der Waals surface area contributed by atoms with Crippen LogP contribution in [-0.4, -0.2) is 19.5 Å². The average molecular weight is 343 g/mol. The third kappa shape index (κ3) is 3.44. The van der Waals surface area contributed by atoms with Gasteiger partial charge in [0.15, 0.2) is 5.52 Å². The van der Waals surface area contributed by atoms with E-state index >= 15 is 0 Å². The molecular weight excluding hydrogens is 326 g/mol. The predicted molar refractivity (Wildman–Crippen MR) is 101 cm³/mol. The summed E-state index contributed by atoms with van der Waals surface area (Å²) >= 11 is 0.